The van der Waals surface area contributed by atoms with Crippen molar-refractivity contribution in [3.63, 3.8) is 0 Å². The molecule has 3 aromatic rings. The van der Waals surface area contributed by atoms with Crippen LogP contribution in [-0.4, -0.2) is 35.4 Å². The molecule has 0 aliphatic carbocycles. The summed E-state index contributed by atoms with van der Waals surface area (Å²) in [5.74, 6) is -0.160. The molecule has 0 spiro atoms. The lowest BCUT2D eigenvalue weighted by atomic mass is 9.97. The lowest BCUT2D eigenvalue weighted by molar-refractivity contribution is -0.137. The normalized spacial score (nSPS) is 17.6. The summed E-state index contributed by atoms with van der Waals surface area (Å²) < 4.78 is 18.9. The van der Waals surface area contributed by atoms with Gasteiger partial charge in [0, 0.05) is 37.1 Å². The van der Waals surface area contributed by atoms with Crippen molar-refractivity contribution in [3.8, 4) is 0 Å². The third-order valence-electron chi connectivity index (χ3n) is 4.96. The number of oxazole rings is 1. The first-order valence-corrected chi connectivity index (χ1v) is 9.20. The highest BCUT2D eigenvalue weighted by atomic mass is 32.1. The molecule has 25 heavy (non-hydrogen) atoms. The van der Waals surface area contributed by atoms with Gasteiger partial charge in [-0.1, -0.05) is 0 Å². The topological polar surface area (TPSA) is 49.6 Å². The standard InChI is InChI=1S/C18H16FN3O2S/c19-13-1-2-14-15(7-13)24-18(20-14)22-9-12(10-22)17(23)21-5-3-16-11(8-21)4-6-25-16/h1-2,4,6-7,12H,3,5,8-10H2. The van der Waals surface area contributed by atoms with E-state index in [4.69, 9.17) is 4.42 Å². The molecule has 0 atom stereocenters. The SMILES string of the molecule is O=C(C1CN(c2nc3ccc(F)cc3o2)C1)N1CCc2sccc2C1. The van der Waals surface area contributed by atoms with Crippen molar-refractivity contribution in [2.75, 3.05) is 24.5 Å². The Bertz CT molecular complexity index is 960. The van der Waals surface area contributed by atoms with Crippen molar-refractivity contribution < 1.29 is 13.6 Å². The summed E-state index contributed by atoms with van der Waals surface area (Å²) in [6, 6.07) is 6.88. The van der Waals surface area contributed by atoms with E-state index in [1.807, 2.05) is 9.80 Å². The van der Waals surface area contributed by atoms with Gasteiger partial charge in [-0.3, -0.25) is 4.79 Å². The van der Waals surface area contributed by atoms with Gasteiger partial charge in [0.05, 0.1) is 5.92 Å². The lowest BCUT2D eigenvalue weighted by Crippen LogP contribution is -2.55. The predicted octanol–water partition coefficient (Wildman–Crippen LogP) is 3.05. The Labute approximate surface area is 147 Å². The smallest absolute Gasteiger partial charge is 0.298 e. The van der Waals surface area contributed by atoms with E-state index in [1.54, 1.807) is 17.4 Å². The molecule has 2 aliphatic heterocycles. The first kappa shape index (κ1) is 14.9. The van der Waals surface area contributed by atoms with Gasteiger partial charge in [-0.25, -0.2) is 4.39 Å². The van der Waals surface area contributed by atoms with Crippen molar-refractivity contribution >= 4 is 34.4 Å². The van der Waals surface area contributed by atoms with Crippen LogP contribution in [0.5, 0.6) is 0 Å². The van der Waals surface area contributed by atoms with E-state index >= 15 is 0 Å². The van der Waals surface area contributed by atoms with Gasteiger partial charge < -0.3 is 14.2 Å². The molecule has 2 aliphatic rings. The average Bonchev–Trinajstić information content (AvgIpc) is 3.18. The van der Waals surface area contributed by atoms with Crippen LogP contribution in [0.1, 0.15) is 10.4 Å². The number of fused-ring (bicyclic) bond motifs is 2. The first-order chi connectivity index (χ1) is 12.2. The van der Waals surface area contributed by atoms with E-state index in [0.717, 1.165) is 19.5 Å². The second-order valence-electron chi connectivity index (χ2n) is 6.59. The van der Waals surface area contributed by atoms with Gasteiger partial charge in [0.2, 0.25) is 5.91 Å². The second-order valence-corrected chi connectivity index (χ2v) is 7.59. The number of aromatic nitrogens is 1. The van der Waals surface area contributed by atoms with Gasteiger partial charge in [0.15, 0.2) is 5.58 Å². The molecule has 0 bridgehead atoms. The fourth-order valence-electron chi connectivity index (χ4n) is 3.51. The molecule has 1 aromatic carbocycles. The summed E-state index contributed by atoms with van der Waals surface area (Å²) in [5.41, 5.74) is 2.35. The van der Waals surface area contributed by atoms with Gasteiger partial charge in [0.1, 0.15) is 11.3 Å². The molecule has 7 heteroatoms. The number of hydrogen-bond donors (Lipinski definition) is 0. The van der Waals surface area contributed by atoms with E-state index in [1.165, 1.54) is 22.6 Å². The molecule has 5 rings (SSSR count). The number of rotatable bonds is 2. The van der Waals surface area contributed by atoms with Crippen LogP contribution in [0.2, 0.25) is 0 Å². The Balaban J connectivity index is 1.26. The van der Waals surface area contributed by atoms with Crippen LogP contribution in [0.15, 0.2) is 34.1 Å². The maximum atomic E-state index is 13.2. The number of hydrogen-bond acceptors (Lipinski definition) is 5. The average molecular weight is 357 g/mol. The molecular formula is C18H16FN3O2S. The highest BCUT2D eigenvalue weighted by Gasteiger charge is 2.38. The maximum absolute atomic E-state index is 13.2. The van der Waals surface area contributed by atoms with Gasteiger partial charge in [-0.05, 0) is 35.6 Å². The molecule has 0 N–H and O–H groups in total. The quantitative estimate of drug-likeness (QED) is 0.707. The number of carbonyl (C=O) groups is 1. The Morgan fingerprint density at radius 3 is 3.08 bits per heavy atom. The molecule has 2 aromatic heterocycles. The second kappa shape index (κ2) is 5.56. The zero-order chi connectivity index (χ0) is 17.0. The number of benzene rings is 1. The molecule has 1 saturated heterocycles. The summed E-state index contributed by atoms with van der Waals surface area (Å²) in [7, 11) is 0. The van der Waals surface area contributed by atoms with Crippen LogP contribution in [-0.2, 0) is 17.8 Å². The van der Waals surface area contributed by atoms with Crippen LogP contribution in [0.25, 0.3) is 11.1 Å². The summed E-state index contributed by atoms with van der Waals surface area (Å²) in [6.07, 6.45) is 0.950. The minimum atomic E-state index is -0.343. The predicted molar refractivity (Wildman–Crippen MR) is 93.1 cm³/mol. The fourth-order valence-corrected chi connectivity index (χ4v) is 4.40. The summed E-state index contributed by atoms with van der Waals surface area (Å²) in [6.45, 7) is 2.71. The van der Waals surface area contributed by atoms with Crippen molar-refractivity contribution in [2.24, 2.45) is 5.92 Å². The molecule has 1 amide bonds. The Kier molecular flexibility index (Phi) is 3.31. The van der Waals surface area contributed by atoms with Crippen molar-refractivity contribution in [1.29, 1.82) is 0 Å². The highest BCUT2D eigenvalue weighted by molar-refractivity contribution is 7.10. The van der Waals surface area contributed by atoms with Gasteiger partial charge in [-0.2, -0.15) is 4.98 Å². The number of anilines is 1. The minimum Gasteiger partial charge on any atom is -0.423 e. The van der Waals surface area contributed by atoms with Crippen LogP contribution in [0, 0.1) is 11.7 Å². The van der Waals surface area contributed by atoms with E-state index in [2.05, 4.69) is 16.4 Å². The number of nitrogens with zero attached hydrogens (tertiary/aromatic N) is 3. The Hall–Kier alpha value is -2.41. The number of carbonyl (C=O) groups excluding carboxylic acids is 1. The maximum Gasteiger partial charge on any atom is 0.298 e. The summed E-state index contributed by atoms with van der Waals surface area (Å²) in [4.78, 5) is 22.4. The van der Waals surface area contributed by atoms with E-state index < -0.39 is 0 Å². The zero-order valence-electron chi connectivity index (χ0n) is 13.4. The van der Waals surface area contributed by atoms with Crippen LogP contribution < -0.4 is 4.90 Å². The summed E-state index contributed by atoms with van der Waals surface area (Å²) in [5, 5.41) is 2.10. The molecule has 5 nitrogen and oxygen atoms in total. The Morgan fingerprint density at radius 2 is 2.20 bits per heavy atom. The molecule has 0 unspecified atom stereocenters. The van der Waals surface area contributed by atoms with E-state index in [-0.39, 0.29) is 17.6 Å². The fraction of sp³-hybridized carbons (Fsp3) is 0.333. The van der Waals surface area contributed by atoms with Gasteiger partial charge in [0.25, 0.3) is 6.01 Å². The number of halogens is 1. The van der Waals surface area contributed by atoms with E-state index in [9.17, 15) is 9.18 Å². The van der Waals surface area contributed by atoms with Crippen LogP contribution in [0.4, 0.5) is 10.4 Å². The Morgan fingerprint density at radius 1 is 1.32 bits per heavy atom. The van der Waals surface area contributed by atoms with Crippen molar-refractivity contribution in [2.45, 2.75) is 13.0 Å². The van der Waals surface area contributed by atoms with Crippen molar-refractivity contribution in [3.05, 3.63) is 45.9 Å². The lowest BCUT2D eigenvalue weighted by Gasteiger charge is -2.40. The molecule has 0 radical (unpaired) electrons. The largest absolute Gasteiger partial charge is 0.423 e. The molecular weight excluding hydrogens is 341 g/mol. The monoisotopic (exact) mass is 357 g/mol. The van der Waals surface area contributed by atoms with Crippen molar-refractivity contribution in [1.82, 2.24) is 9.88 Å². The first-order valence-electron chi connectivity index (χ1n) is 8.32. The minimum absolute atomic E-state index is 0.0214. The molecule has 1 fully saturated rings. The third kappa shape index (κ3) is 2.50. The summed E-state index contributed by atoms with van der Waals surface area (Å²) >= 11 is 1.77. The van der Waals surface area contributed by atoms with Crippen LogP contribution >= 0.6 is 11.3 Å². The zero-order valence-corrected chi connectivity index (χ0v) is 14.3. The van der Waals surface area contributed by atoms with Gasteiger partial charge >= 0.3 is 0 Å². The molecule has 128 valence electrons. The number of amides is 1. The van der Waals surface area contributed by atoms with E-state index in [0.29, 0.717) is 30.2 Å². The van der Waals surface area contributed by atoms with Crippen LogP contribution in [0.3, 0.4) is 0 Å². The highest BCUT2D eigenvalue weighted by Crippen LogP contribution is 2.31. The van der Waals surface area contributed by atoms with Gasteiger partial charge in [-0.15, -0.1) is 11.3 Å². The molecule has 4 heterocycles. The molecule has 0 saturated carbocycles. The number of thiophene rings is 1. The third-order valence-corrected chi connectivity index (χ3v) is 5.98.